The van der Waals surface area contributed by atoms with Gasteiger partial charge in [-0.05, 0) is 18.9 Å². The minimum Gasteiger partial charge on any atom is -0.510 e. The predicted molar refractivity (Wildman–Crippen MR) is 100 cm³/mol. The average molecular weight is 376 g/mol. The van der Waals surface area contributed by atoms with E-state index in [1.165, 1.54) is 11.3 Å². The molecule has 1 aromatic carbocycles. The van der Waals surface area contributed by atoms with Crippen LogP contribution in [0, 0.1) is 5.41 Å². The van der Waals surface area contributed by atoms with Gasteiger partial charge >= 0.3 is 0 Å². The minimum atomic E-state index is 0.141. The number of nitrogens with one attached hydrogen (secondary N) is 1. The van der Waals surface area contributed by atoms with Crippen LogP contribution in [-0.4, -0.2) is 46.6 Å². The molecule has 2 aliphatic heterocycles. The Morgan fingerprint density at radius 3 is 3.00 bits per heavy atom. The molecule has 1 atom stereocenters. The van der Waals surface area contributed by atoms with Crippen molar-refractivity contribution in [2.45, 2.75) is 18.9 Å². The van der Waals surface area contributed by atoms with Crippen LogP contribution in [-0.2, 0) is 4.74 Å². The number of halogens is 1. The fraction of sp³-hybridized carbons (Fsp3) is 0.333. The molecule has 2 aliphatic rings. The van der Waals surface area contributed by atoms with Crippen LogP contribution >= 0.6 is 22.9 Å². The van der Waals surface area contributed by atoms with E-state index >= 15 is 0 Å². The SMILES string of the molecule is N=C1C(c2nc(-c3ccccc3Cl)cs2)=C(O)CN1CC1CCCO1. The number of aliphatic hydroxyl groups excluding tert-OH is 1. The van der Waals surface area contributed by atoms with Gasteiger partial charge in [0.25, 0.3) is 0 Å². The highest BCUT2D eigenvalue weighted by molar-refractivity contribution is 7.11. The fourth-order valence-electron chi connectivity index (χ4n) is 3.23. The standard InChI is InChI=1S/C18H18ClN3O2S/c19-13-6-2-1-5-12(13)14-10-25-18(21-14)16-15(23)9-22(17(16)20)8-11-4-3-7-24-11/h1-2,5-6,10-11,20,23H,3-4,7-9H2. The first kappa shape index (κ1) is 16.6. The fourth-order valence-corrected chi connectivity index (χ4v) is 4.35. The quantitative estimate of drug-likeness (QED) is 0.840. The van der Waals surface area contributed by atoms with E-state index in [1.807, 2.05) is 34.5 Å². The third-order valence-electron chi connectivity index (χ3n) is 4.50. The van der Waals surface area contributed by atoms with Crippen molar-refractivity contribution < 1.29 is 9.84 Å². The zero-order chi connectivity index (χ0) is 17.4. The van der Waals surface area contributed by atoms with Gasteiger partial charge in [0.15, 0.2) is 0 Å². The van der Waals surface area contributed by atoms with Crippen molar-refractivity contribution in [1.29, 1.82) is 5.41 Å². The third kappa shape index (κ3) is 3.17. The number of hydrogen-bond donors (Lipinski definition) is 2. The molecule has 4 rings (SSSR count). The molecule has 130 valence electrons. The van der Waals surface area contributed by atoms with Gasteiger partial charge in [0, 0.05) is 29.1 Å². The monoisotopic (exact) mass is 375 g/mol. The van der Waals surface area contributed by atoms with Crippen LogP contribution in [0.1, 0.15) is 17.8 Å². The van der Waals surface area contributed by atoms with Crippen molar-refractivity contribution in [3.63, 3.8) is 0 Å². The molecule has 1 aromatic heterocycles. The number of aliphatic hydroxyl groups is 1. The molecule has 3 heterocycles. The number of hydrogen-bond acceptors (Lipinski definition) is 5. The van der Waals surface area contributed by atoms with Gasteiger partial charge in [0.2, 0.25) is 0 Å². The summed E-state index contributed by atoms with van der Waals surface area (Å²) in [6.07, 6.45) is 2.21. The molecule has 7 heteroatoms. The van der Waals surface area contributed by atoms with Crippen LogP contribution in [0.2, 0.25) is 5.02 Å². The number of ether oxygens (including phenoxy) is 1. The highest BCUT2D eigenvalue weighted by Crippen LogP contribution is 2.34. The third-order valence-corrected chi connectivity index (χ3v) is 5.69. The Balaban J connectivity index is 1.56. The van der Waals surface area contributed by atoms with Gasteiger partial charge in [-0.25, -0.2) is 4.98 Å². The van der Waals surface area contributed by atoms with Crippen LogP contribution in [0.15, 0.2) is 35.4 Å². The Morgan fingerprint density at radius 2 is 2.24 bits per heavy atom. The number of nitrogens with zero attached hydrogens (tertiary/aromatic N) is 2. The topological polar surface area (TPSA) is 69.4 Å². The van der Waals surface area contributed by atoms with E-state index in [0.717, 1.165) is 30.7 Å². The van der Waals surface area contributed by atoms with E-state index in [4.69, 9.17) is 21.7 Å². The van der Waals surface area contributed by atoms with Crippen LogP contribution in [0.25, 0.3) is 16.8 Å². The van der Waals surface area contributed by atoms with Crippen LogP contribution in [0.3, 0.4) is 0 Å². The summed E-state index contributed by atoms with van der Waals surface area (Å²) >= 11 is 7.66. The van der Waals surface area contributed by atoms with Gasteiger partial charge in [-0.3, -0.25) is 5.41 Å². The highest BCUT2D eigenvalue weighted by atomic mass is 35.5. The molecule has 0 saturated carbocycles. The summed E-state index contributed by atoms with van der Waals surface area (Å²) in [5.41, 5.74) is 2.13. The summed E-state index contributed by atoms with van der Waals surface area (Å²) in [6.45, 7) is 1.76. The van der Waals surface area contributed by atoms with E-state index in [0.29, 0.717) is 34.5 Å². The Bertz CT molecular complexity index is 842. The maximum absolute atomic E-state index is 10.4. The largest absolute Gasteiger partial charge is 0.510 e. The van der Waals surface area contributed by atoms with E-state index in [-0.39, 0.29) is 11.9 Å². The molecule has 1 saturated heterocycles. The molecule has 25 heavy (non-hydrogen) atoms. The first-order chi connectivity index (χ1) is 12.1. The number of thiazole rings is 1. The first-order valence-corrected chi connectivity index (χ1v) is 9.47. The molecular weight excluding hydrogens is 358 g/mol. The lowest BCUT2D eigenvalue weighted by atomic mass is 10.2. The molecule has 2 N–H and O–H groups in total. The Labute approximate surface area is 155 Å². The van der Waals surface area contributed by atoms with Crippen molar-refractivity contribution in [2.24, 2.45) is 0 Å². The highest BCUT2D eigenvalue weighted by Gasteiger charge is 2.32. The molecule has 0 spiro atoms. The second-order valence-corrected chi connectivity index (χ2v) is 7.47. The molecule has 5 nitrogen and oxygen atoms in total. The molecule has 0 amide bonds. The van der Waals surface area contributed by atoms with Gasteiger partial charge in [-0.15, -0.1) is 11.3 Å². The number of rotatable bonds is 4. The van der Waals surface area contributed by atoms with E-state index in [9.17, 15) is 5.11 Å². The molecule has 1 unspecified atom stereocenters. The Hall–Kier alpha value is -1.89. The van der Waals surface area contributed by atoms with Gasteiger partial charge in [-0.1, -0.05) is 29.8 Å². The summed E-state index contributed by atoms with van der Waals surface area (Å²) in [5, 5.41) is 22.0. The van der Waals surface area contributed by atoms with E-state index in [1.54, 1.807) is 0 Å². The number of aromatic nitrogens is 1. The minimum absolute atomic E-state index is 0.141. The average Bonchev–Trinajstić information content (AvgIpc) is 3.31. The summed E-state index contributed by atoms with van der Waals surface area (Å²) in [6, 6.07) is 7.54. The second-order valence-electron chi connectivity index (χ2n) is 6.20. The van der Waals surface area contributed by atoms with Gasteiger partial charge in [-0.2, -0.15) is 0 Å². The second kappa shape index (κ2) is 6.78. The zero-order valence-electron chi connectivity index (χ0n) is 13.5. The first-order valence-electron chi connectivity index (χ1n) is 8.22. The molecule has 0 aliphatic carbocycles. The van der Waals surface area contributed by atoms with Gasteiger partial charge in [0.1, 0.15) is 16.6 Å². The predicted octanol–water partition coefficient (Wildman–Crippen LogP) is 4.20. The number of benzene rings is 1. The number of amidine groups is 1. The summed E-state index contributed by atoms with van der Waals surface area (Å²) < 4.78 is 5.65. The van der Waals surface area contributed by atoms with Gasteiger partial charge < -0.3 is 14.7 Å². The van der Waals surface area contributed by atoms with Crippen molar-refractivity contribution in [3.8, 4) is 11.3 Å². The summed E-state index contributed by atoms with van der Waals surface area (Å²) in [7, 11) is 0. The van der Waals surface area contributed by atoms with Gasteiger partial charge in [0.05, 0.1) is 23.9 Å². The molecule has 0 radical (unpaired) electrons. The lowest BCUT2D eigenvalue weighted by molar-refractivity contribution is 0.0924. The van der Waals surface area contributed by atoms with Crippen molar-refractivity contribution in [2.75, 3.05) is 19.7 Å². The maximum Gasteiger partial charge on any atom is 0.135 e. The lowest BCUT2D eigenvalue weighted by Crippen LogP contribution is -2.34. The smallest absolute Gasteiger partial charge is 0.135 e. The van der Waals surface area contributed by atoms with E-state index < -0.39 is 0 Å². The molecule has 0 bridgehead atoms. The van der Waals surface area contributed by atoms with Crippen LogP contribution in [0.4, 0.5) is 0 Å². The summed E-state index contributed by atoms with van der Waals surface area (Å²) in [4.78, 5) is 6.47. The maximum atomic E-state index is 10.4. The Morgan fingerprint density at radius 1 is 1.40 bits per heavy atom. The molecule has 1 fully saturated rings. The summed E-state index contributed by atoms with van der Waals surface area (Å²) in [5.74, 6) is 0.510. The zero-order valence-corrected chi connectivity index (χ0v) is 15.1. The Kier molecular flexibility index (Phi) is 4.50. The van der Waals surface area contributed by atoms with Crippen LogP contribution in [0.5, 0.6) is 0 Å². The lowest BCUT2D eigenvalue weighted by Gasteiger charge is -2.21. The molecule has 2 aromatic rings. The van der Waals surface area contributed by atoms with Crippen LogP contribution < -0.4 is 0 Å². The van der Waals surface area contributed by atoms with E-state index in [2.05, 4.69) is 4.98 Å². The van der Waals surface area contributed by atoms with Crippen molar-refractivity contribution >= 4 is 34.3 Å². The van der Waals surface area contributed by atoms with Crippen molar-refractivity contribution in [3.05, 3.63) is 45.4 Å². The van der Waals surface area contributed by atoms with Crippen molar-refractivity contribution in [1.82, 2.24) is 9.88 Å². The molecular formula is C18H18ClN3O2S. The normalized spacial score (nSPS) is 20.8.